The summed E-state index contributed by atoms with van der Waals surface area (Å²) in [5, 5.41) is 3.56. The highest BCUT2D eigenvalue weighted by Crippen LogP contribution is 2.28. The molecule has 0 aromatic rings. The Balaban J connectivity index is 2.84. The first kappa shape index (κ1) is 18.3. The molecule has 0 aliphatic carbocycles. The smallest absolute Gasteiger partial charge is 0.323 e. The van der Waals surface area contributed by atoms with E-state index < -0.39 is 23.7 Å². The van der Waals surface area contributed by atoms with Crippen LogP contribution in [0.2, 0.25) is 0 Å². The van der Waals surface area contributed by atoms with Crippen LogP contribution in [-0.2, 0) is 19.1 Å². The minimum absolute atomic E-state index is 0.211. The van der Waals surface area contributed by atoms with E-state index >= 15 is 0 Å². The van der Waals surface area contributed by atoms with E-state index in [2.05, 4.69) is 10.0 Å². The summed E-state index contributed by atoms with van der Waals surface area (Å²) in [5.74, 6) is -0.900. The molecule has 0 aromatic heterocycles. The number of carbonyl (C=O) groups excluding carboxylic acids is 2. The van der Waals surface area contributed by atoms with Crippen LogP contribution in [0.25, 0.3) is 10.4 Å². The predicted molar refractivity (Wildman–Crippen MR) is 80.0 cm³/mol. The van der Waals surface area contributed by atoms with Crippen LogP contribution in [0.4, 0.5) is 0 Å². The van der Waals surface area contributed by atoms with Crippen LogP contribution in [0, 0.1) is 0 Å². The Bertz CT molecular complexity index is 468. The monoisotopic (exact) mass is 312 g/mol. The Kier molecular flexibility index (Phi) is 6.20. The summed E-state index contributed by atoms with van der Waals surface area (Å²) < 4.78 is 10.3. The molecule has 1 aliphatic heterocycles. The SMILES string of the molecule is CCOC(=O)C(N=[N+]=[N-])[C@@H]1CC[C@@H](C(=O)OC(C)(C)C)N1C. The topological polar surface area (TPSA) is 105 Å². The molecule has 1 heterocycles. The van der Waals surface area contributed by atoms with Crippen LogP contribution in [0.3, 0.4) is 0 Å². The third-order valence-electron chi connectivity index (χ3n) is 3.50. The Morgan fingerprint density at radius 3 is 2.55 bits per heavy atom. The fourth-order valence-corrected chi connectivity index (χ4v) is 2.57. The zero-order valence-corrected chi connectivity index (χ0v) is 13.8. The van der Waals surface area contributed by atoms with Gasteiger partial charge in [0.1, 0.15) is 11.6 Å². The molecule has 0 amide bonds. The quantitative estimate of drug-likeness (QED) is 0.334. The zero-order chi connectivity index (χ0) is 16.9. The summed E-state index contributed by atoms with van der Waals surface area (Å²) in [7, 11) is 1.73. The summed E-state index contributed by atoms with van der Waals surface area (Å²) in [6.07, 6.45) is 1.11. The van der Waals surface area contributed by atoms with Crippen molar-refractivity contribution in [2.24, 2.45) is 5.11 Å². The van der Waals surface area contributed by atoms with Crippen molar-refractivity contribution < 1.29 is 19.1 Å². The van der Waals surface area contributed by atoms with Crippen molar-refractivity contribution in [3.05, 3.63) is 10.4 Å². The van der Waals surface area contributed by atoms with Gasteiger partial charge in [-0.1, -0.05) is 5.11 Å². The van der Waals surface area contributed by atoms with Crippen molar-refractivity contribution in [1.29, 1.82) is 0 Å². The fourth-order valence-electron chi connectivity index (χ4n) is 2.57. The Morgan fingerprint density at radius 2 is 2.05 bits per heavy atom. The first-order valence-corrected chi connectivity index (χ1v) is 7.37. The van der Waals surface area contributed by atoms with Gasteiger partial charge in [0.25, 0.3) is 0 Å². The molecule has 8 nitrogen and oxygen atoms in total. The third-order valence-corrected chi connectivity index (χ3v) is 3.50. The Hall–Kier alpha value is -1.79. The van der Waals surface area contributed by atoms with Crippen molar-refractivity contribution in [1.82, 2.24) is 4.90 Å². The number of carbonyl (C=O) groups is 2. The van der Waals surface area contributed by atoms with Crippen molar-refractivity contribution in [3.8, 4) is 0 Å². The lowest BCUT2D eigenvalue weighted by atomic mass is 10.1. The minimum atomic E-state index is -0.956. The molecule has 3 atom stereocenters. The molecule has 1 saturated heterocycles. The molecule has 0 bridgehead atoms. The van der Waals surface area contributed by atoms with Gasteiger partial charge in [-0.25, -0.2) is 0 Å². The number of esters is 2. The molecule has 0 saturated carbocycles. The van der Waals surface area contributed by atoms with Gasteiger partial charge < -0.3 is 9.47 Å². The van der Waals surface area contributed by atoms with Crippen LogP contribution < -0.4 is 0 Å². The van der Waals surface area contributed by atoms with E-state index in [0.717, 1.165) is 0 Å². The predicted octanol–water partition coefficient (Wildman–Crippen LogP) is 2.03. The number of hydrogen-bond donors (Lipinski definition) is 0. The van der Waals surface area contributed by atoms with Crippen molar-refractivity contribution in [2.75, 3.05) is 13.7 Å². The van der Waals surface area contributed by atoms with Gasteiger partial charge >= 0.3 is 11.9 Å². The highest BCUT2D eigenvalue weighted by molar-refractivity contribution is 5.79. The molecular formula is C14H24N4O4. The van der Waals surface area contributed by atoms with Gasteiger partial charge in [-0.05, 0) is 53.1 Å². The second-order valence-electron chi connectivity index (χ2n) is 6.26. The molecule has 1 fully saturated rings. The highest BCUT2D eigenvalue weighted by Gasteiger charge is 2.43. The molecular weight excluding hydrogens is 288 g/mol. The van der Waals surface area contributed by atoms with Gasteiger partial charge in [-0.15, -0.1) is 0 Å². The molecule has 0 aromatic carbocycles. The molecule has 1 aliphatic rings. The summed E-state index contributed by atoms with van der Waals surface area (Å²) in [6.45, 7) is 7.31. The van der Waals surface area contributed by atoms with E-state index in [9.17, 15) is 9.59 Å². The van der Waals surface area contributed by atoms with Crippen LogP contribution in [0.15, 0.2) is 5.11 Å². The maximum Gasteiger partial charge on any atom is 0.323 e. The summed E-state index contributed by atoms with van der Waals surface area (Å²) in [4.78, 5) is 28.6. The van der Waals surface area contributed by atoms with Gasteiger partial charge in [0.15, 0.2) is 6.04 Å². The fraction of sp³-hybridized carbons (Fsp3) is 0.857. The lowest BCUT2D eigenvalue weighted by Crippen LogP contribution is -2.47. The van der Waals surface area contributed by atoms with Crippen molar-refractivity contribution in [3.63, 3.8) is 0 Å². The summed E-state index contributed by atoms with van der Waals surface area (Å²) in [5.41, 5.74) is 8.10. The first-order chi connectivity index (χ1) is 10.2. The minimum Gasteiger partial charge on any atom is -0.466 e. The van der Waals surface area contributed by atoms with Crippen LogP contribution in [0.5, 0.6) is 0 Å². The summed E-state index contributed by atoms with van der Waals surface area (Å²) >= 11 is 0. The molecule has 0 N–H and O–H groups in total. The second kappa shape index (κ2) is 7.47. The Labute approximate surface area is 130 Å². The molecule has 8 heteroatoms. The van der Waals surface area contributed by atoms with Crippen molar-refractivity contribution >= 4 is 11.9 Å². The van der Waals surface area contributed by atoms with E-state index in [1.165, 1.54) is 0 Å². The van der Waals surface area contributed by atoms with Gasteiger partial charge in [-0.2, -0.15) is 0 Å². The zero-order valence-electron chi connectivity index (χ0n) is 13.8. The van der Waals surface area contributed by atoms with Crippen molar-refractivity contribution in [2.45, 2.75) is 64.3 Å². The average Bonchev–Trinajstić information content (AvgIpc) is 2.76. The lowest BCUT2D eigenvalue weighted by molar-refractivity contribution is -0.161. The van der Waals surface area contributed by atoms with E-state index in [1.54, 1.807) is 39.6 Å². The molecule has 22 heavy (non-hydrogen) atoms. The van der Waals surface area contributed by atoms with Gasteiger partial charge in [0.2, 0.25) is 0 Å². The van der Waals surface area contributed by atoms with E-state index in [4.69, 9.17) is 15.0 Å². The van der Waals surface area contributed by atoms with Gasteiger partial charge in [0, 0.05) is 11.0 Å². The Morgan fingerprint density at radius 1 is 1.41 bits per heavy atom. The molecule has 1 unspecified atom stereocenters. The molecule has 0 spiro atoms. The number of ether oxygens (including phenoxy) is 2. The second-order valence-corrected chi connectivity index (χ2v) is 6.26. The highest BCUT2D eigenvalue weighted by atomic mass is 16.6. The summed E-state index contributed by atoms with van der Waals surface area (Å²) in [6, 6.07) is -1.77. The number of nitrogens with zero attached hydrogens (tertiary/aromatic N) is 4. The number of likely N-dealkylation sites (tertiary alicyclic amines) is 1. The van der Waals surface area contributed by atoms with Gasteiger partial charge in [-0.3, -0.25) is 14.5 Å². The molecule has 1 rings (SSSR count). The van der Waals surface area contributed by atoms with Crippen LogP contribution in [0.1, 0.15) is 40.5 Å². The number of hydrogen-bond acceptors (Lipinski definition) is 6. The maximum absolute atomic E-state index is 12.2. The van der Waals surface area contributed by atoms with E-state index in [1.807, 2.05) is 0 Å². The number of likely N-dealkylation sites (N-methyl/N-ethyl adjacent to an activating group) is 1. The number of azide groups is 1. The average molecular weight is 312 g/mol. The first-order valence-electron chi connectivity index (χ1n) is 7.37. The van der Waals surface area contributed by atoms with Gasteiger partial charge in [0.05, 0.1) is 6.61 Å². The van der Waals surface area contributed by atoms with E-state index in [-0.39, 0.29) is 18.6 Å². The molecule has 0 radical (unpaired) electrons. The van der Waals surface area contributed by atoms with E-state index in [0.29, 0.717) is 12.8 Å². The number of rotatable bonds is 5. The third kappa shape index (κ3) is 4.61. The van der Waals surface area contributed by atoms with Crippen LogP contribution >= 0.6 is 0 Å². The maximum atomic E-state index is 12.2. The lowest BCUT2D eigenvalue weighted by Gasteiger charge is -2.29. The largest absolute Gasteiger partial charge is 0.466 e. The normalized spacial score (nSPS) is 23.5. The van der Waals surface area contributed by atoms with Crippen LogP contribution in [-0.4, -0.2) is 54.2 Å². The molecule has 124 valence electrons. The standard InChI is InChI=1S/C14H24N4O4/c1-6-21-13(20)11(16-17-15)9-7-8-10(18(9)5)12(19)22-14(2,3)4/h9-11H,6-8H2,1-5H3/t9-,10-,11?/m0/s1.